The molecule has 76 valence electrons. The third kappa shape index (κ3) is 1.87. The number of likely N-dealkylation sites (tertiary alicyclic amines) is 1. The minimum Gasteiger partial charge on any atom is -0.392 e. The Kier molecular flexibility index (Phi) is 2.86. The summed E-state index contributed by atoms with van der Waals surface area (Å²) in [5.41, 5.74) is 0. The fourth-order valence-corrected chi connectivity index (χ4v) is 2.56. The van der Waals surface area contributed by atoms with Gasteiger partial charge in [-0.15, -0.1) is 0 Å². The van der Waals surface area contributed by atoms with Gasteiger partial charge in [0.1, 0.15) is 0 Å². The monoisotopic (exact) mass is 184 g/mol. The Morgan fingerprint density at radius 1 is 1.54 bits per heavy atom. The Morgan fingerprint density at radius 3 is 3.15 bits per heavy atom. The molecule has 0 aliphatic carbocycles. The van der Waals surface area contributed by atoms with Crippen molar-refractivity contribution >= 4 is 0 Å². The maximum atomic E-state index is 9.58. The second-order valence-electron chi connectivity index (χ2n) is 4.33. The van der Waals surface area contributed by atoms with Crippen LogP contribution in [0.15, 0.2) is 0 Å². The third-order valence-electron chi connectivity index (χ3n) is 3.48. The standard InChI is InChI=1S/C10H20N2O/c1-2-9(13)7-12-4-3-8-5-11-6-10(8)12/h8-11,13H,2-7H2,1H3/t8-,9+,10+/m1/s1. The molecule has 2 rings (SSSR count). The van der Waals surface area contributed by atoms with Crippen molar-refractivity contribution in [2.45, 2.75) is 31.9 Å². The summed E-state index contributed by atoms with van der Waals surface area (Å²) in [6, 6.07) is 0.709. The highest BCUT2D eigenvalue weighted by molar-refractivity contribution is 4.94. The maximum absolute atomic E-state index is 9.58. The number of rotatable bonds is 3. The highest BCUT2D eigenvalue weighted by Gasteiger charge is 2.37. The Labute approximate surface area is 80.1 Å². The van der Waals surface area contributed by atoms with E-state index in [4.69, 9.17) is 0 Å². The van der Waals surface area contributed by atoms with Crippen LogP contribution in [0.25, 0.3) is 0 Å². The van der Waals surface area contributed by atoms with E-state index in [0.29, 0.717) is 6.04 Å². The van der Waals surface area contributed by atoms with Gasteiger partial charge in [0.2, 0.25) is 0 Å². The lowest BCUT2D eigenvalue weighted by Gasteiger charge is -2.25. The molecule has 3 atom stereocenters. The van der Waals surface area contributed by atoms with Crippen LogP contribution in [0.1, 0.15) is 19.8 Å². The molecule has 3 nitrogen and oxygen atoms in total. The van der Waals surface area contributed by atoms with Crippen LogP contribution in [-0.2, 0) is 0 Å². The van der Waals surface area contributed by atoms with Crippen molar-refractivity contribution in [2.24, 2.45) is 5.92 Å². The highest BCUT2D eigenvalue weighted by atomic mass is 16.3. The van der Waals surface area contributed by atoms with Crippen molar-refractivity contribution in [3.05, 3.63) is 0 Å². The van der Waals surface area contributed by atoms with Crippen LogP contribution in [0.4, 0.5) is 0 Å². The first-order valence-corrected chi connectivity index (χ1v) is 5.44. The number of aliphatic hydroxyl groups is 1. The van der Waals surface area contributed by atoms with Gasteiger partial charge in [-0.2, -0.15) is 0 Å². The lowest BCUT2D eigenvalue weighted by Crippen LogP contribution is -2.39. The molecular formula is C10H20N2O. The highest BCUT2D eigenvalue weighted by Crippen LogP contribution is 2.27. The predicted octanol–water partition coefficient (Wildman–Crippen LogP) is 0.0510. The van der Waals surface area contributed by atoms with Gasteiger partial charge in [-0.1, -0.05) is 6.92 Å². The first kappa shape index (κ1) is 9.44. The summed E-state index contributed by atoms with van der Waals surface area (Å²) in [6.07, 6.45) is 2.06. The van der Waals surface area contributed by atoms with E-state index in [-0.39, 0.29) is 6.10 Å². The molecule has 2 heterocycles. The molecule has 0 aromatic rings. The maximum Gasteiger partial charge on any atom is 0.0664 e. The summed E-state index contributed by atoms with van der Waals surface area (Å²) >= 11 is 0. The number of nitrogens with one attached hydrogen (secondary N) is 1. The Hall–Kier alpha value is -0.120. The summed E-state index contributed by atoms with van der Waals surface area (Å²) in [5.74, 6) is 0.851. The Morgan fingerprint density at radius 2 is 2.38 bits per heavy atom. The molecule has 0 bridgehead atoms. The van der Waals surface area contributed by atoms with Crippen LogP contribution in [0.2, 0.25) is 0 Å². The molecule has 13 heavy (non-hydrogen) atoms. The first-order chi connectivity index (χ1) is 6.31. The van der Waals surface area contributed by atoms with E-state index in [1.54, 1.807) is 0 Å². The van der Waals surface area contributed by atoms with Crippen molar-refractivity contribution in [1.82, 2.24) is 10.2 Å². The van der Waals surface area contributed by atoms with E-state index >= 15 is 0 Å². The molecule has 0 radical (unpaired) electrons. The molecule has 3 heteroatoms. The van der Waals surface area contributed by atoms with Gasteiger partial charge in [-0.3, -0.25) is 4.90 Å². The zero-order chi connectivity index (χ0) is 9.26. The fraction of sp³-hybridized carbons (Fsp3) is 1.00. The summed E-state index contributed by atoms with van der Waals surface area (Å²) in [6.45, 7) is 6.42. The second kappa shape index (κ2) is 3.95. The van der Waals surface area contributed by atoms with Crippen molar-refractivity contribution < 1.29 is 5.11 Å². The molecule has 2 N–H and O–H groups in total. The molecule has 2 saturated heterocycles. The molecule has 0 unspecified atom stereocenters. The Bertz CT molecular complexity index is 174. The number of fused-ring (bicyclic) bond motifs is 1. The number of hydrogen-bond acceptors (Lipinski definition) is 3. The second-order valence-corrected chi connectivity index (χ2v) is 4.33. The van der Waals surface area contributed by atoms with Crippen molar-refractivity contribution in [3.63, 3.8) is 0 Å². The minimum atomic E-state index is -0.126. The molecule has 2 aliphatic rings. The van der Waals surface area contributed by atoms with Gasteiger partial charge in [0.15, 0.2) is 0 Å². The van der Waals surface area contributed by atoms with E-state index in [2.05, 4.69) is 10.2 Å². The molecule has 2 fully saturated rings. The van der Waals surface area contributed by atoms with Gasteiger partial charge in [0.05, 0.1) is 6.10 Å². The average Bonchev–Trinajstić information content (AvgIpc) is 2.69. The zero-order valence-electron chi connectivity index (χ0n) is 8.37. The van der Waals surface area contributed by atoms with Crippen LogP contribution in [-0.4, -0.2) is 48.3 Å². The summed E-state index contributed by atoms with van der Waals surface area (Å²) in [7, 11) is 0. The van der Waals surface area contributed by atoms with Gasteiger partial charge in [-0.05, 0) is 31.8 Å². The molecule has 0 spiro atoms. The van der Waals surface area contributed by atoms with Crippen LogP contribution in [0, 0.1) is 5.92 Å². The topological polar surface area (TPSA) is 35.5 Å². The van der Waals surface area contributed by atoms with Gasteiger partial charge in [-0.25, -0.2) is 0 Å². The molecule has 0 aromatic heterocycles. The van der Waals surface area contributed by atoms with E-state index in [9.17, 15) is 5.11 Å². The van der Waals surface area contributed by atoms with Crippen LogP contribution in [0.3, 0.4) is 0 Å². The lowest BCUT2D eigenvalue weighted by molar-refractivity contribution is 0.103. The quantitative estimate of drug-likeness (QED) is 0.650. The van der Waals surface area contributed by atoms with E-state index in [1.165, 1.54) is 19.5 Å². The van der Waals surface area contributed by atoms with Crippen molar-refractivity contribution in [2.75, 3.05) is 26.2 Å². The van der Waals surface area contributed by atoms with E-state index < -0.39 is 0 Å². The molecule has 0 aromatic carbocycles. The van der Waals surface area contributed by atoms with Crippen LogP contribution >= 0.6 is 0 Å². The van der Waals surface area contributed by atoms with Crippen molar-refractivity contribution in [3.8, 4) is 0 Å². The SMILES string of the molecule is CC[C@H](O)CN1CC[C@@H]2CNC[C@@H]21. The summed E-state index contributed by atoms with van der Waals surface area (Å²) in [4.78, 5) is 2.46. The van der Waals surface area contributed by atoms with Crippen LogP contribution < -0.4 is 5.32 Å². The first-order valence-electron chi connectivity index (χ1n) is 5.44. The minimum absolute atomic E-state index is 0.126. The van der Waals surface area contributed by atoms with E-state index in [1.807, 2.05) is 6.92 Å². The average molecular weight is 184 g/mol. The molecule has 2 aliphatic heterocycles. The number of β-amino-alcohol motifs (C(OH)–C–C–N with tert-alkyl or cyclic N) is 1. The molecular weight excluding hydrogens is 164 g/mol. The lowest BCUT2D eigenvalue weighted by atomic mass is 10.1. The Balaban J connectivity index is 1.86. The van der Waals surface area contributed by atoms with Gasteiger partial charge in [0.25, 0.3) is 0 Å². The van der Waals surface area contributed by atoms with Crippen molar-refractivity contribution in [1.29, 1.82) is 0 Å². The van der Waals surface area contributed by atoms with Gasteiger partial charge >= 0.3 is 0 Å². The molecule has 0 amide bonds. The zero-order valence-corrected chi connectivity index (χ0v) is 8.37. The number of aliphatic hydroxyl groups excluding tert-OH is 1. The fourth-order valence-electron chi connectivity index (χ4n) is 2.56. The summed E-state index contributed by atoms with van der Waals surface area (Å²) in [5, 5.41) is 13.0. The number of nitrogens with zero attached hydrogens (tertiary/aromatic N) is 1. The predicted molar refractivity (Wildman–Crippen MR) is 52.6 cm³/mol. The normalized spacial score (nSPS) is 36.5. The number of hydrogen-bond donors (Lipinski definition) is 2. The van der Waals surface area contributed by atoms with E-state index in [0.717, 1.165) is 25.4 Å². The largest absolute Gasteiger partial charge is 0.392 e. The van der Waals surface area contributed by atoms with Gasteiger partial charge in [0, 0.05) is 19.1 Å². The van der Waals surface area contributed by atoms with Gasteiger partial charge < -0.3 is 10.4 Å². The molecule has 0 saturated carbocycles. The summed E-state index contributed by atoms with van der Waals surface area (Å²) < 4.78 is 0. The smallest absolute Gasteiger partial charge is 0.0664 e. The third-order valence-corrected chi connectivity index (χ3v) is 3.48. The van der Waals surface area contributed by atoms with Crippen LogP contribution in [0.5, 0.6) is 0 Å².